The first-order valence-electron chi connectivity index (χ1n) is 4.07. The molecule has 0 amide bonds. The lowest BCUT2D eigenvalue weighted by Gasteiger charge is -2.34. The molecule has 0 aliphatic heterocycles. The second-order valence-corrected chi connectivity index (χ2v) is 3.33. The van der Waals surface area contributed by atoms with Crippen molar-refractivity contribution < 1.29 is 14.6 Å². The van der Waals surface area contributed by atoms with Gasteiger partial charge in [0, 0.05) is 13.3 Å². The molecule has 1 aliphatic rings. The van der Waals surface area contributed by atoms with Crippen LogP contribution in [0, 0.1) is 0 Å². The van der Waals surface area contributed by atoms with E-state index in [4.69, 9.17) is 4.74 Å². The van der Waals surface area contributed by atoms with E-state index in [1.807, 2.05) is 12.2 Å². The Bertz CT molecular complexity index is 210. The van der Waals surface area contributed by atoms with Crippen molar-refractivity contribution in [2.45, 2.75) is 38.4 Å². The van der Waals surface area contributed by atoms with E-state index in [2.05, 4.69) is 0 Å². The Kier molecular flexibility index (Phi) is 2.52. The van der Waals surface area contributed by atoms with E-state index in [1.54, 1.807) is 6.92 Å². The van der Waals surface area contributed by atoms with Gasteiger partial charge in [-0.1, -0.05) is 12.2 Å². The fraction of sp³-hybridized carbons (Fsp3) is 0.667. The minimum atomic E-state index is -0.722. The highest BCUT2D eigenvalue weighted by atomic mass is 16.6. The third-order valence-corrected chi connectivity index (χ3v) is 2.13. The fourth-order valence-electron chi connectivity index (χ4n) is 1.37. The SMILES string of the molecule is CC(=O)O[C@]1(C)CC=CC[C@H]1O. The summed E-state index contributed by atoms with van der Waals surface area (Å²) >= 11 is 0. The topological polar surface area (TPSA) is 46.5 Å². The zero-order valence-electron chi connectivity index (χ0n) is 7.41. The van der Waals surface area contributed by atoms with E-state index in [-0.39, 0.29) is 5.97 Å². The highest BCUT2D eigenvalue weighted by molar-refractivity contribution is 5.66. The Balaban J connectivity index is 2.68. The molecule has 0 aromatic carbocycles. The smallest absolute Gasteiger partial charge is 0.303 e. The highest BCUT2D eigenvalue weighted by Crippen LogP contribution is 2.27. The molecule has 0 unspecified atom stereocenters. The molecule has 0 spiro atoms. The van der Waals surface area contributed by atoms with Crippen LogP contribution in [0.5, 0.6) is 0 Å². The van der Waals surface area contributed by atoms with Crippen molar-refractivity contribution in [1.82, 2.24) is 0 Å². The van der Waals surface area contributed by atoms with Crippen molar-refractivity contribution in [2.24, 2.45) is 0 Å². The van der Waals surface area contributed by atoms with Crippen LogP contribution in [-0.2, 0) is 9.53 Å². The lowest BCUT2D eigenvalue weighted by molar-refractivity contribution is -0.168. The van der Waals surface area contributed by atoms with Crippen LogP contribution in [0.25, 0.3) is 0 Å². The second kappa shape index (κ2) is 3.27. The molecule has 1 aliphatic carbocycles. The number of esters is 1. The van der Waals surface area contributed by atoms with E-state index >= 15 is 0 Å². The molecule has 68 valence electrons. The average Bonchev–Trinajstić information content (AvgIpc) is 1.94. The van der Waals surface area contributed by atoms with Gasteiger partial charge in [0.05, 0.1) is 6.10 Å². The van der Waals surface area contributed by atoms with Gasteiger partial charge in [-0.05, 0) is 13.3 Å². The molecule has 12 heavy (non-hydrogen) atoms. The van der Waals surface area contributed by atoms with Gasteiger partial charge >= 0.3 is 5.97 Å². The number of hydrogen-bond acceptors (Lipinski definition) is 3. The number of rotatable bonds is 1. The summed E-state index contributed by atoms with van der Waals surface area (Å²) in [6, 6.07) is 0. The number of carbonyl (C=O) groups excluding carboxylic acids is 1. The molecule has 0 fully saturated rings. The first-order chi connectivity index (χ1) is 5.54. The van der Waals surface area contributed by atoms with Gasteiger partial charge in [-0.15, -0.1) is 0 Å². The molecule has 0 aromatic heterocycles. The van der Waals surface area contributed by atoms with E-state index in [1.165, 1.54) is 6.92 Å². The minimum Gasteiger partial charge on any atom is -0.456 e. The molecule has 2 atom stereocenters. The molecule has 1 N–H and O–H groups in total. The summed E-state index contributed by atoms with van der Waals surface area (Å²) in [5.41, 5.74) is -0.722. The van der Waals surface area contributed by atoms with Gasteiger partial charge in [0.25, 0.3) is 0 Å². The Hall–Kier alpha value is -0.830. The van der Waals surface area contributed by atoms with Crippen LogP contribution in [-0.4, -0.2) is 22.8 Å². The van der Waals surface area contributed by atoms with Gasteiger partial charge in [0.2, 0.25) is 0 Å². The molecule has 1 rings (SSSR count). The van der Waals surface area contributed by atoms with Crippen molar-refractivity contribution in [1.29, 1.82) is 0 Å². The molecular weight excluding hydrogens is 156 g/mol. The largest absolute Gasteiger partial charge is 0.456 e. The zero-order valence-corrected chi connectivity index (χ0v) is 7.41. The maximum absolute atomic E-state index is 10.7. The van der Waals surface area contributed by atoms with Crippen LogP contribution in [0.2, 0.25) is 0 Å². The van der Waals surface area contributed by atoms with Crippen LogP contribution >= 0.6 is 0 Å². The highest BCUT2D eigenvalue weighted by Gasteiger charge is 2.36. The molecule has 3 heteroatoms. The van der Waals surface area contributed by atoms with Crippen LogP contribution in [0.3, 0.4) is 0 Å². The van der Waals surface area contributed by atoms with Gasteiger partial charge in [0.15, 0.2) is 0 Å². The Morgan fingerprint density at radius 1 is 1.67 bits per heavy atom. The van der Waals surface area contributed by atoms with Gasteiger partial charge in [-0.3, -0.25) is 4.79 Å². The van der Waals surface area contributed by atoms with Gasteiger partial charge in [-0.2, -0.15) is 0 Å². The summed E-state index contributed by atoms with van der Waals surface area (Å²) in [4.78, 5) is 10.7. The normalized spacial score (nSPS) is 34.8. The molecule has 0 heterocycles. The number of aliphatic hydroxyl groups is 1. The van der Waals surface area contributed by atoms with E-state index in [9.17, 15) is 9.90 Å². The maximum atomic E-state index is 10.7. The van der Waals surface area contributed by atoms with E-state index in [0.717, 1.165) is 0 Å². The number of ether oxygens (including phenoxy) is 1. The Morgan fingerprint density at radius 2 is 2.33 bits per heavy atom. The van der Waals surface area contributed by atoms with Crippen LogP contribution in [0.1, 0.15) is 26.7 Å². The maximum Gasteiger partial charge on any atom is 0.303 e. The summed E-state index contributed by atoms with van der Waals surface area (Å²) in [7, 11) is 0. The monoisotopic (exact) mass is 170 g/mol. The molecular formula is C9H14O3. The summed E-state index contributed by atoms with van der Waals surface area (Å²) in [6.07, 6.45) is 4.40. The Labute approximate surface area is 72.0 Å². The molecule has 0 bridgehead atoms. The summed E-state index contributed by atoms with van der Waals surface area (Å²) in [6.45, 7) is 3.11. The summed E-state index contributed by atoms with van der Waals surface area (Å²) in [5, 5.41) is 9.55. The summed E-state index contributed by atoms with van der Waals surface area (Å²) in [5.74, 6) is -0.341. The zero-order chi connectivity index (χ0) is 9.19. The van der Waals surface area contributed by atoms with Crippen molar-refractivity contribution in [3.63, 3.8) is 0 Å². The van der Waals surface area contributed by atoms with E-state index < -0.39 is 11.7 Å². The van der Waals surface area contributed by atoms with Crippen molar-refractivity contribution in [3.05, 3.63) is 12.2 Å². The molecule has 0 radical (unpaired) electrons. The molecule has 3 nitrogen and oxygen atoms in total. The lowest BCUT2D eigenvalue weighted by Crippen LogP contribution is -2.44. The van der Waals surface area contributed by atoms with Crippen LogP contribution in [0.4, 0.5) is 0 Å². The van der Waals surface area contributed by atoms with Crippen LogP contribution < -0.4 is 0 Å². The standard InChI is InChI=1S/C9H14O3/c1-7(10)12-9(2)6-4-3-5-8(9)11/h3-4,8,11H,5-6H2,1-2H3/t8-,9-/m1/s1. The van der Waals surface area contributed by atoms with Gasteiger partial charge < -0.3 is 9.84 Å². The van der Waals surface area contributed by atoms with Crippen molar-refractivity contribution in [3.8, 4) is 0 Å². The first kappa shape index (κ1) is 9.26. The van der Waals surface area contributed by atoms with Crippen LogP contribution in [0.15, 0.2) is 12.2 Å². The number of hydrogen-bond donors (Lipinski definition) is 1. The number of aliphatic hydroxyl groups excluding tert-OH is 1. The average molecular weight is 170 g/mol. The molecule has 0 saturated heterocycles. The van der Waals surface area contributed by atoms with Crippen molar-refractivity contribution >= 4 is 5.97 Å². The fourth-order valence-corrected chi connectivity index (χ4v) is 1.37. The lowest BCUT2D eigenvalue weighted by atomic mass is 9.88. The second-order valence-electron chi connectivity index (χ2n) is 3.33. The minimum absolute atomic E-state index is 0.341. The molecule has 0 saturated carbocycles. The van der Waals surface area contributed by atoms with Gasteiger partial charge in [0.1, 0.15) is 5.60 Å². The van der Waals surface area contributed by atoms with E-state index in [0.29, 0.717) is 12.8 Å². The Morgan fingerprint density at radius 3 is 2.83 bits per heavy atom. The predicted molar refractivity (Wildman–Crippen MR) is 44.6 cm³/mol. The third-order valence-electron chi connectivity index (χ3n) is 2.13. The third kappa shape index (κ3) is 1.85. The molecule has 0 aromatic rings. The summed E-state index contributed by atoms with van der Waals surface area (Å²) < 4.78 is 5.05. The number of carbonyl (C=O) groups is 1. The quantitative estimate of drug-likeness (QED) is 0.472. The van der Waals surface area contributed by atoms with Crippen molar-refractivity contribution in [2.75, 3.05) is 0 Å². The first-order valence-corrected chi connectivity index (χ1v) is 4.07. The predicted octanol–water partition coefficient (Wildman–Crippen LogP) is 1.02. The van der Waals surface area contributed by atoms with Gasteiger partial charge in [-0.25, -0.2) is 0 Å².